The fraction of sp³-hybridized carbons (Fsp3) is 0.294. The number of hydrogen-bond donors (Lipinski definition) is 2. The van der Waals surface area contributed by atoms with E-state index in [1.54, 1.807) is 42.1 Å². The SMILES string of the molecule is C[C@H](OC(=O)c1cccn1C)C(=O)NCCc1ccc(S(N)(=O)=O)cc1. The average molecular weight is 379 g/mol. The van der Waals surface area contributed by atoms with Gasteiger partial charge in [0, 0.05) is 19.8 Å². The largest absolute Gasteiger partial charge is 0.448 e. The quantitative estimate of drug-likeness (QED) is 0.682. The van der Waals surface area contributed by atoms with Gasteiger partial charge in [-0.3, -0.25) is 4.79 Å². The van der Waals surface area contributed by atoms with E-state index in [1.165, 1.54) is 19.1 Å². The first kappa shape index (κ1) is 19.7. The standard InChI is InChI=1S/C17H21N3O5S/c1-12(25-17(22)15-4-3-11-20(15)2)16(21)19-10-9-13-5-7-14(8-6-13)26(18,23)24/h3-8,11-12H,9-10H2,1-2H3,(H,19,21)(H2,18,23,24)/t12-/m0/s1. The van der Waals surface area contributed by atoms with Gasteiger partial charge < -0.3 is 14.6 Å². The summed E-state index contributed by atoms with van der Waals surface area (Å²) in [5.41, 5.74) is 1.20. The number of esters is 1. The van der Waals surface area contributed by atoms with E-state index < -0.39 is 28.0 Å². The van der Waals surface area contributed by atoms with Gasteiger partial charge in [-0.05, 0) is 43.2 Å². The molecule has 1 heterocycles. The first-order valence-corrected chi connectivity index (χ1v) is 9.45. The Labute approximate surface area is 152 Å². The molecule has 3 N–H and O–H groups in total. The van der Waals surface area contributed by atoms with Crippen molar-refractivity contribution in [2.45, 2.75) is 24.3 Å². The zero-order valence-electron chi connectivity index (χ0n) is 14.5. The van der Waals surface area contributed by atoms with E-state index in [2.05, 4.69) is 5.32 Å². The smallest absolute Gasteiger partial charge is 0.355 e. The summed E-state index contributed by atoms with van der Waals surface area (Å²) in [5.74, 6) is -0.979. The Hall–Kier alpha value is -2.65. The number of nitrogens with zero attached hydrogens (tertiary/aromatic N) is 1. The molecule has 0 aliphatic carbocycles. The molecule has 9 heteroatoms. The summed E-state index contributed by atoms with van der Waals surface area (Å²) in [6.45, 7) is 1.82. The number of hydrogen-bond acceptors (Lipinski definition) is 5. The summed E-state index contributed by atoms with van der Waals surface area (Å²) in [7, 11) is -2.01. The second kappa shape index (κ2) is 8.15. The van der Waals surface area contributed by atoms with Crippen molar-refractivity contribution in [2.24, 2.45) is 12.2 Å². The van der Waals surface area contributed by atoms with Gasteiger partial charge in [0.25, 0.3) is 5.91 Å². The number of nitrogens with one attached hydrogen (secondary N) is 1. The van der Waals surface area contributed by atoms with Gasteiger partial charge in [0.2, 0.25) is 10.0 Å². The maximum atomic E-state index is 12.0. The van der Waals surface area contributed by atoms with Crippen LogP contribution in [0.2, 0.25) is 0 Å². The predicted octanol–water partition coefficient (Wildman–Crippen LogP) is 0.577. The lowest BCUT2D eigenvalue weighted by atomic mass is 10.1. The first-order valence-electron chi connectivity index (χ1n) is 7.90. The number of sulfonamides is 1. The molecule has 0 fully saturated rings. The molecule has 1 amide bonds. The van der Waals surface area contributed by atoms with Crippen molar-refractivity contribution < 1.29 is 22.7 Å². The maximum Gasteiger partial charge on any atom is 0.355 e. The molecule has 0 unspecified atom stereocenters. The topological polar surface area (TPSA) is 120 Å². The van der Waals surface area contributed by atoms with E-state index in [-0.39, 0.29) is 4.90 Å². The Kier molecular flexibility index (Phi) is 6.17. The molecule has 1 aromatic carbocycles. The van der Waals surface area contributed by atoms with Crippen LogP contribution >= 0.6 is 0 Å². The third-order valence-electron chi connectivity index (χ3n) is 3.77. The van der Waals surface area contributed by atoms with Crippen LogP contribution in [0.5, 0.6) is 0 Å². The van der Waals surface area contributed by atoms with Crippen LogP contribution < -0.4 is 10.5 Å². The highest BCUT2D eigenvalue weighted by Crippen LogP contribution is 2.09. The molecule has 1 aromatic heterocycles. The van der Waals surface area contributed by atoms with Gasteiger partial charge in [-0.2, -0.15) is 0 Å². The molecule has 1 atom stereocenters. The van der Waals surface area contributed by atoms with E-state index in [0.717, 1.165) is 5.56 Å². The second-order valence-electron chi connectivity index (χ2n) is 5.78. The van der Waals surface area contributed by atoms with Crippen LogP contribution in [0.4, 0.5) is 0 Å². The van der Waals surface area contributed by atoms with Crippen molar-refractivity contribution in [2.75, 3.05) is 6.54 Å². The minimum atomic E-state index is -3.72. The zero-order valence-corrected chi connectivity index (χ0v) is 15.3. The lowest BCUT2D eigenvalue weighted by molar-refractivity contribution is -0.129. The van der Waals surface area contributed by atoms with Crippen LogP contribution in [0.3, 0.4) is 0 Å². The van der Waals surface area contributed by atoms with E-state index in [1.807, 2.05) is 0 Å². The fourth-order valence-electron chi connectivity index (χ4n) is 2.27. The van der Waals surface area contributed by atoms with Crippen molar-refractivity contribution in [3.63, 3.8) is 0 Å². The lowest BCUT2D eigenvalue weighted by Gasteiger charge is -2.14. The summed E-state index contributed by atoms with van der Waals surface area (Å²) in [4.78, 5) is 24.0. The Morgan fingerprint density at radius 3 is 2.42 bits per heavy atom. The van der Waals surface area contributed by atoms with Crippen LogP contribution in [0.1, 0.15) is 23.0 Å². The number of ether oxygens (including phenoxy) is 1. The molecule has 2 aromatic rings. The third kappa shape index (κ3) is 5.17. The third-order valence-corrected chi connectivity index (χ3v) is 4.70. The van der Waals surface area contributed by atoms with Crippen LogP contribution in [-0.2, 0) is 33.0 Å². The first-order chi connectivity index (χ1) is 12.2. The molecule has 0 saturated heterocycles. The van der Waals surface area contributed by atoms with Crippen molar-refractivity contribution in [1.29, 1.82) is 0 Å². The molecule has 0 saturated carbocycles. The number of aromatic nitrogens is 1. The van der Waals surface area contributed by atoms with Crippen LogP contribution in [0, 0.1) is 0 Å². The van der Waals surface area contributed by atoms with Crippen molar-refractivity contribution in [1.82, 2.24) is 9.88 Å². The second-order valence-corrected chi connectivity index (χ2v) is 7.34. The molecular formula is C17H21N3O5S. The molecule has 8 nitrogen and oxygen atoms in total. The van der Waals surface area contributed by atoms with Gasteiger partial charge in [-0.15, -0.1) is 0 Å². The fourth-order valence-corrected chi connectivity index (χ4v) is 2.78. The molecule has 0 aliphatic heterocycles. The molecule has 0 aliphatic rings. The van der Waals surface area contributed by atoms with Gasteiger partial charge in [0.1, 0.15) is 5.69 Å². The summed E-state index contributed by atoms with van der Waals surface area (Å²) in [6.07, 6.45) is 1.28. The number of aryl methyl sites for hydroxylation is 1. The Morgan fingerprint density at radius 2 is 1.88 bits per heavy atom. The molecule has 0 radical (unpaired) electrons. The predicted molar refractivity (Wildman–Crippen MR) is 94.8 cm³/mol. The molecule has 140 valence electrons. The van der Waals surface area contributed by atoms with E-state index >= 15 is 0 Å². The van der Waals surface area contributed by atoms with E-state index in [0.29, 0.717) is 18.7 Å². The lowest BCUT2D eigenvalue weighted by Crippen LogP contribution is -2.37. The number of carbonyl (C=O) groups is 2. The number of amides is 1. The zero-order chi connectivity index (χ0) is 19.3. The number of carbonyl (C=O) groups excluding carboxylic acids is 2. The van der Waals surface area contributed by atoms with Gasteiger partial charge in [0.15, 0.2) is 6.10 Å². The Morgan fingerprint density at radius 1 is 1.23 bits per heavy atom. The minimum absolute atomic E-state index is 0.0338. The molecule has 26 heavy (non-hydrogen) atoms. The van der Waals surface area contributed by atoms with Crippen LogP contribution in [-0.4, -0.2) is 37.5 Å². The number of nitrogens with two attached hydrogens (primary N) is 1. The number of rotatable bonds is 7. The number of benzene rings is 1. The number of primary sulfonamides is 1. The molecule has 0 bridgehead atoms. The van der Waals surface area contributed by atoms with Gasteiger partial charge in [0.05, 0.1) is 4.90 Å². The van der Waals surface area contributed by atoms with Crippen molar-refractivity contribution >= 4 is 21.9 Å². The van der Waals surface area contributed by atoms with E-state index in [4.69, 9.17) is 9.88 Å². The monoisotopic (exact) mass is 379 g/mol. The highest BCUT2D eigenvalue weighted by molar-refractivity contribution is 7.89. The van der Waals surface area contributed by atoms with Crippen molar-refractivity contribution in [3.8, 4) is 0 Å². The normalized spacial score (nSPS) is 12.4. The summed E-state index contributed by atoms with van der Waals surface area (Å²) >= 11 is 0. The van der Waals surface area contributed by atoms with Gasteiger partial charge in [-0.25, -0.2) is 18.4 Å². The van der Waals surface area contributed by atoms with Crippen LogP contribution in [0.15, 0.2) is 47.5 Å². The highest BCUT2D eigenvalue weighted by Gasteiger charge is 2.19. The summed E-state index contributed by atoms with van der Waals surface area (Å²) in [6, 6.07) is 9.41. The summed E-state index contributed by atoms with van der Waals surface area (Å²) in [5, 5.41) is 7.71. The molecular weight excluding hydrogens is 358 g/mol. The summed E-state index contributed by atoms with van der Waals surface area (Å²) < 4.78 is 29.1. The molecule has 2 rings (SSSR count). The van der Waals surface area contributed by atoms with Gasteiger partial charge in [-0.1, -0.05) is 12.1 Å². The van der Waals surface area contributed by atoms with Gasteiger partial charge >= 0.3 is 5.97 Å². The average Bonchev–Trinajstić information content (AvgIpc) is 3.00. The van der Waals surface area contributed by atoms with Crippen LogP contribution in [0.25, 0.3) is 0 Å². The minimum Gasteiger partial charge on any atom is -0.448 e. The van der Waals surface area contributed by atoms with Crippen molar-refractivity contribution in [3.05, 3.63) is 53.9 Å². The maximum absolute atomic E-state index is 12.0. The Balaban J connectivity index is 1.81. The Bertz CT molecular complexity index is 887. The molecule has 0 spiro atoms. The van der Waals surface area contributed by atoms with E-state index in [9.17, 15) is 18.0 Å². The highest BCUT2D eigenvalue weighted by atomic mass is 32.2.